The number of ether oxygens (including phenoxy) is 2. The molecule has 1 amide bonds. The van der Waals surface area contributed by atoms with E-state index in [1.54, 1.807) is 18.2 Å². The van der Waals surface area contributed by atoms with E-state index in [-0.39, 0.29) is 11.5 Å². The van der Waals surface area contributed by atoms with Crippen LogP contribution in [0.25, 0.3) is 6.08 Å². The van der Waals surface area contributed by atoms with Crippen molar-refractivity contribution >= 4 is 51.9 Å². The van der Waals surface area contributed by atoms with Gasteiger partial charge in [-0.1, -0.05) is 68.2 Å². The molecule has 0 bridgehead atoms. The summed E-state index contributed by atoms with van der Waals surface area (Å²) in [6.07, 6.45) is 2.87. The summed E-state index contributed by atoms with van der Waals surface area (Å²) in [4.78, 5) is 26.1. The van der Waals surface area contributed by atoms with Crippen molar-refractivity contribution in [3.8, 4) is 11.5 Å². The molecule has 3 aromatic carbocycles. The summed E-state index contributed by atoms with van der Waals surface area (Å²) in [5.74, 6) is 0.705. The average molecular weight is 534 g/mol. The van der Waals surface area contributed by atoms with Gasteiger partial charge in [0, 0.05) is 0 Å². The van der Waals surface area contributed by atoms with Crippen LogP contribution in [-0.4, -0.2) is 34.5 Å². The summed E-state index contributed by atoms with van der Waals surface area (Å²) in [6.45, 7) is 5.22. The van der Waals surface area contributed by atoms with Gasteiger partial charge in [-0.2, -0.15) is 0 Å². The molecular formula is C29H27NO5S2. The Labute approximate surface area is 225 Å². The fraction of sp³-hybridized carbons (Fsp3) is 0.207. The van der Waals surface area contributed by atoms with Crippen LogP contribution in [0.1, 0.15) is 47.7 Å². The van der Waals surface area contributed by atoms with Gasteiger partial charge in [-0.25, -0.2) is 4.79 Å². The Kier molecular flexibility index (Phi) is 8.63. The minimum absolute atomic E-state index is 0.0935. The van der Waals surface area contributed by atoms with Crippen molar-refractivity contribution in [1.29, 1.82) is 0 Å². The molecule has 37 heavy (non-hydrogen) atoms. The number of thiocarbonyl (C=S) groups is 1. The highest BCUT2D eigenvalue weighted by Crippen LogP contribution is 2.36. The van der Waals surface area contributed by atoms with Gasteiger partial charge in [0.2, 0.25) is 0 Å². The van der Waals surface area contributed by atoms with Crippen molar-refractivity contribution in [3.63, 3.8) is 0 Å². The summed E-state index contributed by atoms with van der Waals surface area (Å²) >= 11 is 6.57. The number of carboxylic acid groups (broad SMARTS) is 1. The van der Waals surface area contributed by atoms with Crippen LogP contribution in [-0.2, 0) is 4.79 Å². The molecule has 4 rings (SSSR count). The molecule has 1 heterocycles. The van der Waals surface area contributed by atoms with E-state index < -0.39 is 5.97 Å². The number of amides is 1. The first-order valence-corrected chi connectivity index (χ1v) is 13.1. The highest BCUT2D eigenvalue weighted by Gasteiger charge is 2.33. The minimum Gasteiger partial charge on any atom is -0.490 e. The van der Waals surface area contributed by atoms with Gasteiger partial charge in [-0.3, -0.25) is 9.69 Å². The largest absolute Gasteiger partial charge is 0.490 e. The van der Waals surface area contributed by atoms with Gasteiger partial charge < -0.3 is 14.6 Å². The van der Waals surface area contributed by atoms with E-state index in [1.165, 1.54) is 34.4 Å². The van der Waals surface area contributed by atoms with Crippen LogP contribution in [0.2, 0.25) is 0 Å². The van der Waals surface area contributed by atoms with Crippen molar-refractivity contribution < 1.29 is 24.2 Å². The molecule has 190 valence electrons. The smallest absolute Gasteiger partial charge is 0.335 e. The summed E-state index contributed by atoms with van der Waals surface area (Å²) in [5, 5.41) is 9.24. The first kappa shape index (κ1) is 26.4. The number of hydrogen-bond donors (Lipinski definition) is 1. The van der Waals surface area contributed by atoms with E-state index in [9.17, 15) is 14.7 Å². The molecule has 1 fully saturated rings. The maximum Gasteiger partial charge on any atom is 0.335 e. The lowest BCUT2D eigenvalue weighted by molar-refractivity contribution is -0.113. The Bertz CT molecular complexity index is 1320. The molecule has 0 spiro atoms. The third kappa shape index (κ3) is 6.58. The maximum atomic E-state index is 13.0. The zero-order chi connectivity index (χ0) is 26.4. The number of carbonyl (C=O) groups excluding carboxylic acids is 1. The Hall–Kier alpha value is -3.62. The lowest BCUT2D eigenvalue weighted by Crippen LogP contribution is -2.27. The molecule has 8 heteroatoms. The molecule has 0 unspecified atom stereocenters. The molecule has 1 N–H and O–H groups in total. The summed E-state index contributed by atoms with van der Waals surface area (Å²) in [7, 11) is 0. The zero-order valence-electron chi connectivity index (χ0n) is 20.5. The lowest BCUT2D eigenvalue weighted by Gasteiger charge is -2.14. The summed E-state index contributed by atoms with van der Waals surface area (Å²) in [6, 6.07) is 21.7. The number of rotatable bonds is 10. The molecule has 1 saturated heterocycles. The third-order valence-electron chi connectivity index (χ3n) is 6.01. The SMILES string of the molecule is CC[C@H](C)c1ccc(OCCOc2ccc(/C=C3\SC(=S)N(c4cccc(C(=O)O)c4)C3=O)cc2)cc1. The van der Waals surface area contributed by atoms with Crippen LogP contribution in [0, 0.1) is 0 Å². The molecule has 0 aliphatic carbocycles. The first-order valence-electron chi connectivity index (χ1n) is 11.9. The van der Waals surface area contributed by atoms with Crippen molar-refractivity contribution in [3.05, 3.63) is 94.4 Å². The quantitative estimate of drug-likeness (QED) is 0.175. The van der Waals surface area contributed by atoms with E-state index in [1.807, 2.05) is 36.4 Å². The normalized spacial score (nSPS) is 15.2. The molecule has 3 aromatic rings. The Morgan fingerprint density at radius 1 is 1.03 bits per heavy atom. The van der Waals surface area contributed by atoms with Crippen LogP contribution < -0.4 is 14.4 Å². The van der Waals surface area contributed by atoms with Crippen LogP contribution in [0.5, 0.6) is 11.5 Å². The number of benzene rings is 3. The molecule has 0 saturated carbocycles. The van der Waals surface area contributed by atoms with Gasteiger partial charge in [0.05, 0.1) is 16.2 Å². The van der Waals surface area contributed by atoms with E-state index in [0.29, 0.717) is 39.8 Å². The summed E-state index contributed by atoms with van der Waals surface area (Å²) < 4.78 is 11.9. The standard InChI is InChI=1S/C29H27NO5S2/c1-3-19(2)21-9-13-25(14-10-21)35-16-15-34-24-11-7-20(8-12-24)17-26-27(31)30(29(36)37-26)23-6-4-5-22(18-23)28(32)33/h4-14,17-19H,3,15-16H2,1-2H3,(H,32,33)/b26-17-/t19-/m0/s1. The second-order valence-electron chi connectivity index (χ2n) is 8.52. The van der Waals surface area contributed by atoms with Gasteiger partial charge in [0.15, 0.2) is 4.32 Å². The topological polar surface area (TPSA) is 76.1 Å². The van der Waals surface area contributed by atoms with Gasteiger partial charge in [0.1, 0.15) is 24.7 Å². The molecular weight excluding hydrogens is 506 g/mol. The predicted octanol–water partition coefficient (Wildman–Crippen LogP) is 6.76. The van der Waals surface area contributed by atoms with Gasteiger partial charge >= 0.3 is 5.97 Å². The Morgan fingerprint density at radius 3 is 2.24 bits per heavy atom. The molecule has 1 aliphatic heterocycles. The molecule has 0 aromatic heterocycles. The van der Waals surface area contributed by atoms with Crippen molar-refractivity contribution in [1.82, 2.24) is 0 Å². The van der Waals surface area contributed by atoms with Crippen LogP contribution in [0.15, 0.2) is 77.7 Å². The molecule has 0 radical (unpaired) electrons. The van der Waals surface area contributed by atoms with Crippen LogP contribution in [0.4, 0.5) is 5.69 Å². The van der Waals surface area contributed by atoms with Gasteiger partial charge in [-0.05, 0) is 72.0 Å². The fourth-order valence-electron chi connectivity index (χ4n) is 3.73. The van der Waals surface area contributed by atoms with Crippen molar-refractivity contribution in [2.45, 2.75) is 26.2 Å². The minimum atomic E-state index is -1.06. The number of carbonyl (C=O) groups is 2. The number of hydrogen-bond acceptors (Lipinski definition) is 6. The fourth-order valence-corrected chi connectivity index (χ4v) is 5.03. The second-order valence-corrected chi connectivity index (χ2v) is 10.2. The number of carboxylic acids is 1. The molecule has 1 atom stereocenters. The van der Waals surface area contributed by atoms with Crippen LogP contribution in [0.3, 0.4) is 0 Å². The number of nitrogens with zero attached hydrogens (tertiary/aromatic N) is 1. The van der Waals surface area contributed by atoms with Crippen molar-refractivity contribution in [2.24, 2.45) is 0 Å². The van der Waals surface area contributed by atoms with Gasteiger partial charge in [-0.15, -0.1) is 0 Å². The molecule has 1 aliphatic rings. The average Bonchev–Trinajstić information content (AvgIpc) is 3.19. The van der Waals surface area contributed by atoms with E-state index >= 15 is 0 Å². The molecule has 6 nitrogen and oxygen atoms in total. The van der Waals surface area contributed by atoms with Gasteiger partial charge in [0.25, 0.3) is 5.91 Å². The zero-order valence-corrected chi connectivity index (χ0v) is 22.2. The number of aromatic carboxylic acids is 1. The monoisotopic (exact) mass is 533 g/mol. The second kappa shape index (κ2) is 12.1. The summed E-state index contributed by atoms with van der Waals surface area (Å²) in [5.41, 5.74) is 2.66. The number of thioether (sulfide) groups is 1. The predicted molar refractivity (Wildman–Crippen MR) is 152 cm³/mol. The maximum absolute atomic E-state index is 13.0. The van der Waals surface area contributed by atoms with E-state index in [2.05, 4.69) is 26.0 Å². The first-order chi connectivity index (χ1) is 17.9. The number of anilines is 1. The highest BCUT2D eigenvalue weighted by atomic mass is 32.2. The van der Waals surface area contributed by atoms with E-state index in [4.69, 9.17) is 21.7 Å². The highest BCUT2D eigenvalue weighted by molar-refractivity contribution is 8.27. The van der Waals surface area contributed by atoms with Crippen molar-refractivity contribution in [2.75, 3.05) is 18.1 Å². The third-order valence-corrected chi connectivity index (χ3v) is 7.31. The Balaban J connectivity index is 1.31. The lowest BCUT2D eigenvalue weighted by atomic mass is 9.99. The van der Waals surface area contributed by atoms with E-state index in [0.717, 1.165) is 17.7 Å². The van der Waals surface area contributed by atoms with Crippen LogP contribution >= 0.6 is 24.0 Å². The Morgan fingerprint density at radius 2 is 1.65 bits per heavy atom.